The third kappa shape index (κ3) is 3.37. The minimum Gasteiger partial charge on any atom is -0.478 e. The maximum Gasteiger partial charge on any atom is 0.335 e. The second-order valence-corrected chi connectivity index (χ2v) is 5.26. The van der Waals surface area contributed by atoms with Crippen molar-refractivity contribution >= 4 is 17.9 Å². The number of aryl methyl sites for hydroxylation is 1. The van der Waals surface area contributed by atoms with Gasteiger partial charge in [0.05, 0.1) is 23.2 Å². The largest absolute Gasteiger partial charge is 0.478 e. The molecule has 1 aromatic heterocycles. The molecule has 0 spiro atoms. The van der Waals surface area contributed by atoms with Crippen molar-refractivity contribution in [3.63, 3.8) is 0 Å². The van der Waals surface area contributed by atoms with E-state index in [1.165, 1.54) is 0 Å². The molecule has 0 aliphatic rings. The molecule has 0 radical (unpaired) electrons. The van der Waals surface area contributed by atoms with Crippen LogP contribution < -0.4 is 0 Å². The Morgan fingerprint density at radius 1 is 1.09 bits per heavy atom. The fourth-order valence-electron chi connectivity index (χ4n) is 2.37. The highest BCUT2D eigenvalue weighted by Gasteiger charge is 2.06. The average molecular weight is 304 g/mol. The number of hydrogen-bond donors (Lipinski definition) is 1. The number of aliphatic imine (C=N–C) groups is 1. The summed E-state index contributed by atoms with van der Waals surface area (Å²) in [5, 5.41) is 9.12. The first-order valence-electron chi connectivity index (χ1n) is 7.25. The van der Waals surface area contributed by atoms with Gasteiger partial charge in [0.15, 0.2) is 0 Å². The molecule has 0 bridgehead atoms. The van der Waals surface area contributed by atoms with Crippen LogP contribution in [0, 0.1) is 6.92 Å². The van der Waals surface area contributed by atoms with Crippen LogP contribution in [0.1, 0.15) is 21.6 Å². The summed E-state index contributed by atoms with van der Waals surface area (Å²) in [7, 11) is 0. The molecule has 0 aliphatic heterocycles. The van der Waals surface area contributed by atoms with Gasteiger partial charge in [-0.15, -0.1) is 0 Å². The Hall–Kier alpha value is -3.14. The van der Waals surface area contributed by atoms with E-state index in [1.54, 1.807) is 24.4 Å². The van der Waals surface area contributed by atoms with Crippen molar-refractivity contribution in [2.45, 2.75) is 6.92 Å². The van der Waals surface area contributed by atoms with Gasteiger partial charge in [-0.25, -0.2) is 4.79 Å². The maximum atomic E-state index is 11.1. The van der Waals surface area contributed by atoms with Crippen LogP contribution in [0.25, 0.3) is 5.69 Å². The third-order valence-electron chi connectivity index (χ3n) is 3.50. The maximum absolute atomic E-state index is 11.1. The third-order valence-corrected chi connectivity index (χ3v) is 3.50. The van der Waals surface area contributed by atoms with Crippen molar-refractivity contribution in [2.24, 2.45) is 4.99 Å². The number of rotatable bonds is 4. The second-order valence-electron chi connectivity index (χ2n) is 5.26. The normalized spacial score (nSPS) is 11.0. The molecule has 4 nitrogen and oxygen atoms in total. The van der Waals surface area contributed by atoms with Crippen molar-refractivity contribution in [1.82, 2.24) is 4.57 Å². The summed E-state index contributed by atoms with van der Waals surface area (Å²) in [5.74, 6) is -0.936. The van der Waals surface area contributed by atoms with E-state index in [9.17, 15) is 4.79 Å². The first-order valence-corrected chi connectivity index (χ1v) is 7.25. The van der Waals surface area contributed by atoms with E-state index >= 15 is 0 Å². The van der Waals surface area contributed by atoms with E-state index in [0.717, 1.165) is 22.6 Å². The quantitative estimate of drug-likeness (QED) is 0.733. The monoisotopic (exact) mass is 304 g/mol. The van der Waals surface area contributed by atoms with Gasteiger partial charge in [-0.1, -0.05) is 18.2 Å². The Kier molecular flexibility index (Phi) is 4.06. The van der Waals surface area contributed by atoms with Gasteiger partial charge in [-0.3, -0.25) is 4.99 Å². The molecule has 1 N–H and O–H groups in total. The van der Waals surface area contributed by atoms with Crippen molar-refractivity contribution in [3.8, 4) is 5.69 Å². The highest BCUT2D eigenvalue weighted by Crippen LogP contribution is 2.16. The highest BCUT2D eigenvalue weighted by molar-refractivity contribution is 5.88. The Morgan fingerprint density at radius 2 is 1.91 bits per heavy atom. The molecule has 3 aromatic rings. The Labute approximate surface area is 134 Å². The van der Waals surface area contributed by atoms with E-state index in [-0.39, 0.29) is 5.56 Å². The van der Waals surface area contributed by atoms with Crippen molar-refractivity contribution < 1.29 is 9.90 Å². The Morgan fingerprint density at radius 3 is 2.70 bits per heavy atom. The van der Waals surface area contributed by atoms with Crippen LogP contribution >= 0.6 is 0 Å². The Bertz CT molecular complexity index is 878. The average Bonchev–Trinajstić information content (AvgIpc) is 3.01. The number of aromatic carboxylic acids is 1. The molecule has 0 saturated heterocycles. The summed E-state index contributed by atoms with van der Waals surface area (Å²) in [4.78, 5) is 15.6. The summed E-state index contributed by atoms with van der Waals surface area (Å²) >= 11 is 0. The smallest absolute Gasteiger partial charge is 0.335 e. The van der Waals surface area contributed by atoms with Gasteiger partial charge in [0.2, 0.25) is 0 Å². The van der Waals surface area contributed by atoms with Crippen molar-refractivity contribution in [1.29, 1.82) is 0 Å². The van der Waals surface area contributed by atoms with Gasteiger partial charge in [-0.2, -0.15) is 0 Å². The lowest BCUT2D eigenvalue weighted by Crippen LogP contribution is -2.01. The van der Waals surface area contributed by atoms with Crippen LogP contribution in [-0.2, 0) is 0 Å². The second kappa shape index (κ2) is 6.32. The summed E-state index contributed by atoms with van der Waals surface area (Å²) in [6.07, 6.45) is 3.67. The highest BCUT2D eigenvalue weighted by atomic mass is 16.4. The van der Waals surface area contributed by atoms with Crippen LogP contribution in [0.4, 0.5) is 5.69 Å². The molecule has 0 aliphatic carbocycles. The predicted molar refractivity (Wildman–Crippen MR) is 91.2 cm³/mol. The zero-order valence-electron chi connectivity index (χ0n) is 12.7. The number of aromatic nitrogens is 1. The molecular weight excluding hydrogens is 288 g/mol. The molecule has 114 valence electrons. The van der Waals surface area contributed by atoms with Crippen LogP contribution in [0.15, 0.2) is 71.9 Å². The first kappa shape index (κ1) is 14.8. The number of hydrogen-bond acceptors (Lipinski definition) is 2. The fourth-order valence-corrected chi connectivity index (χ4v) is 2.37. The van der Waals surface area contributed by atoms with Gasteiger partial charge in [0.25, 0.3) is 0 Å². The number of benzene rings is 2. The van der Waals surface area contributed by atoms with Gasteiger partial charge in [-0.05, 0) is 55.0 Å². The lowest BCUT2D eigenvalue weighted by molar-refractivity contribution is 0.0697. The van der Waals surface area contributed by atoms with E-state index < -0.39 is 5.97 Å². The SMILES string of the molecule is Cc1cccc(N=Cc2cccn2-c2cccc(C(=O)O)c2)c1. The van der Waals surface area contributed by atoms with Gasteiger partial charge in [0, 0.05) is 11.9 Å². The number of carboxylic acids is 1. The molecule has 0 saturated carbocycles. The minimum absolute atomic E-state index is 0.262. The van der Waals surface area contributed by atoms with Gasteiger partial charge >= 0.3 is 5.97 Å². The molecule has 0 unspecified atom stereocenters. The standard InChI is InChI=1S/C19H16N2O2/c1-14-5-2-7-16(11-14)20-13-18-9-4-10-21(18)17-8-3-6-15(12-17)19(22)23/h2-13H,1H3,(H,22,23). The zero-order chi connectivity index (χ0) is 16.2. The minimum atomic E-state index is -0.936. The fraction of sp³-hybridized carbons (Fsp3) is 0.0526. The molecule has 23 heavy (non-hydrogen) atoms. The predicted octanol–water partition coefficient (Wildman–Crippen LogP) is 4.23. The molecule has 0 fully saturated rings. The lowest BCUT2D eigenvalue weighted by Gasteiger charge is -2.07. The van der Waals surface area contributed by atoms with E-state index in [4.69, 9.17) is 5.11 Å². The van der Waals surface area contributed by atoms with E-state index in [2.05, 4.69) is 4.99 Å². The summed E-state index contributed by atoms with van der Waals surface area (Å²) in [6.45, 7) is 2.03. The van der Waals surface area contributed by atoms with E-state index in [1.807, 2.05) is 60.2 Å². The number of carbonyl (C=O) groups is 1. The summed E-state index contributed by atoms with van der Waals surface area (Å²) < 4.78 is 1.91. The van der Waals surface area contributed by atoms with Crippen LogP contribution in [0.3, 0.4) is 0 Å². The van der Waals surface area contributed by atoms with E-state index in [0.29, 0.717) is 0 Å². The molecular formula is C19H16N2O2. The molecule has 0 amide bonds. The van der Waals surface area contributed by atoms with Crippen molar-refractivity contribution in [3.05, 3.63) is 83.7 Å². The Balaban J connectivity index is 1.94. The molecule has 2 aromatic carbocycles. The zero-order valence-corrected chi connectivity index (χ0v) is 12.7. The summed E-state index contributed by atoms with van der Waals surface area (Å²) in [6, 6.07) is 18.6. The molecule has 1 heterocycles. The van der Waals surface area contributed by atoms with Gasteiger partial charge in [0.1, 0.15) is 0 Å². The van der Waals surface area contributed by atoms with Crippen LogP contribution in [0.2, 0.25) is 0 Å². The van der Waals surface area contributed by atoms with Crippen LogP contribution in [-0.4, -0.2) is 21.9 Å². The summed E-state index contributed by atoms with van der Waals surface area (Å²) in [5.41, 5.74) is 3.98. The number of carboxylic acid groups (broad SMARTS) is 1. The van der Waals surface area contributed by atoms with Crippen LogP contribution in [0.5, 0.6) is 0 Å². The number of nitrogens with zero attached hydrogens (tertiary/aromatic N) is 2. The van der Waals surface area contributed by atoms with Crippen molar-refractivity contribution in [2.75, 3.05) is 0 Å². The molecule has 3 rings (SSSR count). The lowest BCUT2D eigenvalue weighted by atomic mass is 10.2. The van der Waals surface area contributed by atoms with Gasteiger partial charge < -0.3 is 9.67 Å². The molecule has 4 heteroatoms. The molecule has 0 atom stereocenters. The topological polar surface area (TPSA) is 54.6 Å². The first-order chi connectivity index (χ1) is 11.1.